The van der Waals surface area contributed by atoms with E-state index < -0.39 is 17.2 Å². The Hall–Kier alpha value is -1.63. The summed E-state index contributed by atoms with van der Waals surface area (Å²) in [6.45, 7) is 5.90. The van der Waals surface area contributed by atoms with E-state index >= 15 is 0 Å². The molecule has 24 heavy (non-hydrogen) atoms. The third-order valence-electron chi connectivity index (χ3n) is 3.89. The van der Waals surface area contributed by atoms with E-state index in [-0.39, 0.29) is 5.91 Å². The second-order valence-corrected chi connectivity index (χ2v) is 7.95. The molecule has 0 aromatic carbocycles. The summed E-state index contributed by atoms with van der Waals surface area (Å²) in [6, 6.07) is 5.40. The summed E-state index contributed by atoms with van der Waals surface area (Å²) in [5.41, 5.74) is -1.20. The molecule has 0 radical (unpaired) electrons. The molecule has 7 heteroatoms. The first-order valence-electron chi connectivity index (χ1n) is 7.93. The van der Waals surface area contributed by atoms with E-state index in [1.165, 1.54) is 9.80 Å². The van der Waals surface area contributed by atoms with Crippen LogP contribution in [0.4, 0.5) is 4.79 Å². The van der Waals surface area contributed by atoms with Crippen molar-refractivity contribution in [3.05, 3.63) is 28.5 Å². The van der Waals surface area contributed by atoms with Crippen LogP contribution >= 0.6 is 15.9 Å². The number of aromatic nitrogens is 1. The Balaban J connectivity index is 2.53. The van der Waals surface area contributed by atoms with Gasteiger partial charge in [-0.25, -0.2) is 9.78 Å². The summed E-state index contributed by atoms with van der Waals surface area (Å²) in [7, 11) is 3.38. The van der Waals surface area contributed by atoms with Crippen molar-refractivity contribution >= 4 is 27.9 Å². The zero-order valence-electron chi connectivity index (χ0n) is 14.8. The Labute approximate surface area is 151 Å². The molecule has 1 aliphatic rings. The number of nitrogens with zero attached hydrogens (tertiary/aromatic N) is 3. The molecule has 1 unspecified atom stereocenters. The third kappa shape index (κ3) is 3.55. The minimum absolute atomic E-state index is 0.170. The van der Waals surface area contributed by atoms with Crippen LogP contribution in [-0.4, -0.2) is 53.0 Å². The fourth-order valence-corrected chi connectivity index (χ4v) is 3.33. The summed E-state index contributed by atoms with van der Waals surface area (Å²) in [5.74, 6) is -0.170. The van der Waals surface area contributed by atoms with Crippen molar-refractivity contribution in [2.24, 2.45) is 0 Å². The van der Waals surface area contributed by atoms with Crippen LogP contribution in [0.5, 0.6) is 0 Å². The number of hydrogen-bond donors (Lipinski definition) is 0. The number of likely N-dealkylation sites (N-methyl/N-ethyl adjacent to an activating group) is 1. The molecule has 1 aromatic rings. The van der Waals surface area contributed by atoms with Crippen molar-refractivity contribution in [1.82, 2.24) is 14.8 Å². The van der Waals surface area contributed by atoms with Crippen LogP contribution in [0.1, 0.15) is 39.3 Å². The predicted octanol–water partition coefficient (Wildman–Crippen LogP) is 3.16. The SMILES string of the molecule is CN(C)C(=O)C1(c2cccc(Br)n2)CCCN1C(=O)OC(C)(C)C. The molecule has 1 atom stereocenters. The third-order valence-corrected chi connectivity index (χ3v) is 4.34. The first-order valence-corrected chi connectivity index (χ1v) is 8.72. The van der Waals surface area contributed by atoms with Crippen molar-refractivity contribution in [3.63, 3.8) is 0 Å². The minimum Gasteiger partial charge on any atom is -0.444 e. The molecule has 1 aromatic heterocycles. The van der Waals surface area contributed by atoms with Gasteiger partial charge in [0.2, 0.25) is 0 Å². The van der Waals surface area contributed by atoms with Crippen molar-refractivity contribution in [2.75, 3.05) is 20.6 Å². The number of ether oxygens (including phenoxy) is 1. The Morgan fingerprint density at radius 2 is 2.00 bits per heavy atom. The van der Waals surface area contributed by atoms with Crippen LogP contribution < -0.4 is 0 Å². The lowest BCUT2D eigenvalue weighted by molar-refractivity contribution is -0.141. The highest BCUT2D eigenvalue weighted by molar-refractivity contribution is 9.10. The summed E-state index contributed by atoms with van der Waals surface area (Å²) < 4.78 is 6.16. The number of amides is 2. The number of carbonyl (C=O) groups excluding carboxylic acids is 2. The van der Waals surface area contributed by atoms with Crippen molar-refractivity contribution < 1.29 is 14.3 Å². The molecule has 132 valence electrons. The second kappa shape index (κ2) is 6.70. The number of halogens is 1. The maximum atomic E-state index is 13.1. The van der Waals surface area contributed by atoms with E-state index in [0.29, 0.717) is 29.7 Å². The Morgan fingerprint density at radius 1 is 1.33 bits per heavy atom. The van der Waals surface area contributed by atoms with Crippen molar-refractivity contribution in [2.45, 2.75) is 44.8 Å². The van der Waals surface area contributed by atoms with E-state index in [2.05, 4.69) is 20.9 Å². The van der Waals surface area contributed by atoms with Gasteiger partial charge in [-0.05, 0) is 61.7 Å². The van der Waals surface area contributed by atoms with Crippen molar-refractivity contribution in [3.8, 4) is 0 Å². The minimum atomic E-state index is -1.13. The summed E-state index contributed by atoms with van der Waals surface area (Å²) in [5, 5.41) is 0. The van der Waals surface area contributed by atoms with Crippen LogP contribution in [0.25, 0.3) is 0 Å². The molecular formula is C17H24BrN3O3. The smallest absolute Gasteiger partial charge is 0.411 e. The first-order chi connectivity index (χ1) is 11.1. The van der Waals surface area contributed by atoms with Gasteiger partial charge in [-0.1, -0.05) is 6.07 Å². The standard InChI is InChI=1S/C17H24BrN3O3/c1-16(2,3)24-15(23)21-11-7-10-17(21,14(22)20(4)5)12-8-6-9-13(18)19-12/h6,8-9H,7,10-11H2,1-5H3. The van der Waals surface area contributed by atoms with Crippen LogP contribution in [0.15, 0.2) is 22.8 Å². The topological polar surface area (TPSA) is 62.7 Å². The zero-order valence-corrected chi connectivity index (χ0v) is 16.4. The second-order valence-electron chi connectivity index (χ2n) is 7.14. The molecule has 2 amide bonds. The van der Waals surface area contributed by atoms with E-state index in [1.807, 2.05) is 26.8 Å². The van der Waals surface area contributed by atoms with Crippen LogP contribution in [0.3, 0.4) is 0 Å². The largest absolute Gasteiger partial charge is 0.444 e. The molecule has 0 saturated carbocycles. The molecule has 2 rings (SSSR count). The van der Waals surface area contributed by atoms with Gasteiger partial charge in [-0.2, -0.15) is 0 Å². The number of likely N-dealkylation sites (tertiary alicyclic amines) is 1. The lowest BCUT2D eigenvalue weighted by atomic mass is 9.89. The molecule has 2 heterocycles. The molecular weight excluding hydrogens is 374 g/mol. The molecule has 6 nitrogen and oxygen atoms in total. The number of pyridine rings is 1. The molecule has 0 N–H and O–H groups in total. The fourth-order valence-electron chi connectivity index (χ4n) is 2.99. The highest BCUT2D eigenvalue weighted by Crippen LogP contribution is 2.40. The van der Waals surface area contributed by atoms with E-state index in [9.17, 15) is 9.59 Å². The Kier molecular flexibility index (Phi) is 5.22. The Morgan fingerprint density at radius 3 is 2.54 bits per heavy atom. The predicted molar refractivity (Wildman–Crippen MR) is 94.5 cm³/mol. The van der Waals surface area contributed by atoms with Gasteiger partial charge in [0.25, 0.3) is 5.91 Å². The van der Waals surface area contributed by atoms with E-state index in [1.54, 1.807) is 26.2 Å². The summed E-state index contributed by atoms with van der Waals surface area (Å²) >= 11 is 3.35. The van der Waals surface area contributed by atoms with Gasteiger partial charge < -0.3 is 9.64 Å². The fraction of sp³-hybridized carbons (Fsp3) is 0.588. The van der Waals surface area contributed by atoms with Gasteiger partial charge in [0.1, 0.15) is 10.2 Å². The molecule has 0 bridgehead atoms. The van der Waals surface area contributed by atoms with Gasteiger partial charge in [0, 0.05) is 20.6 Å². The van der Waals surface area contributed by atoms with Crippen LogP contribution in [0.2, 0.25) is 0 Å². The van der Waals surface area contributed by atoms with Crippen LogP contribution in [-0.2, 0) is 15.1 Å². The highest BCUT2D eigenvalue weighted by atomic mass is 79.9. The van der Waals surface area contributed by atoms with Crippen LogP contribution in [0, 0.1) is 0 Å². The zero-order chi connectivity index (χ0) is 18.1. The summed E-state index contributed by atoms with van der Waals surface area (Å²) in [4.78, 5) is 33.3. The molecule has 1 saturated heterocycles. The average Bonchev–Trinajstić information content (AvgIpc) is 2.90. The monoisotopic (exact) mass is 397 g/mol. The highest BCUT2D eigenvalue weighted by Gasteiger charge is 2.54. The van der Waals surface area contributed by atoms with Gasteiger partial charge >= 0.3 is 6.09 Å². The molecule has 1 aliphatic heterocycles. The maximum Gasteiger partial charge on any atom is 0.411 e. The summed E-state index contributed by atoms with van der Waals surface area (Å²) in [6.07, 6.45) is 0.747. The molecule has 1 fully saturated rings. The van der Waals surface area contributed by atoms with Gasteiger partial charge in [-0.15, -0.1) is 0 Å². The molecule has 0 spiro atoms. The van der Waals surface area contributed by atoms with E-state index in [4.69, 9.17) is 4.74 Å². The lowest BCUT2D eigenvalue weighted by Gasteiger charge is -2.39. The molecule has 0 aliphatic carbocycles. The van der Waals surface area contributed by atoms with Gasteiger partial charge in [0.05, 0.1) is 5.69 Å². The lowest BCUT2D eigenvalue weighted by Crippen LogP contribution is -2.56. The normalized spacial score (nSPS) is 20.8. The first kappa shape index (κ1) is 18.7. The number of rotatable bonds is 2. The van der Waals surface area contributed by atoms with Gasteiger partial charge in [-0.3, -0.25) is 9.69 Å². The van der Waals surface area contributed by atoms with E-state index in [0.717, 1.165) is 0 Å². The number of hydrogen-bond acceptors (Lipinski definition) is 4. The van der Waals surface area contributed by atoms with Gasteiger partial charge in [0.15, 0.2) is 5.54 Å². The number of carbonyl (C=O) groups is 2. The van der Waals surface area contributed by atoms with Crippen molar-refractivity contribution in [1.29, 1.82) is 0 Å². The Bertz CT molecular complexity index is 642. The maximum absolute atomic E-state index is 13.1. The quantitative estimate of drug-likeness (QED) is 0.718. The average molecular weight is 398 g/mol.